The Morgan fingerprint density at radius 3 is 2.71 bits per heavy atom. The van der Waals surface area contributed by atoms with Crippen LogP contribution >= 0.6 is 38.5 Å². The molecule has 0 saturated heterocycles. The summed E-state index contributed by atoms with van der Waals surface area (Å²) in [4.78, 5) is 0. The van der Waals surface area contributed by atoms with Crippen molar-refractivity contribution in [3.05, 3.63) is 31.8 Å². The topological polar surface area (TPSA) is 26.0 Å². The molecule has 0 spiro atoms. The first-order valence-electron chi connectivity index (χ1n) is 4.76. The summed E-state index contributed by atoms with van der Waals surface area (Å²) in [6.07, 6.45) is 1.11. The van der Waals surface area contributed by atoms with Crippen molar-refractivity contribution in [2.24, 2.45) is 11.7 Å². The Kier molecular flexibility index (Phi) is 4.87. The second-order valence-corrected chi connectivity index (χ2v) is 5.68. The highest BCUT2D eigenvalue weighted by Crippen LogP contribution is 2.29. The largest absolute Gasteiger partial charge is 0.324 e. The van der Waals surface area contributed by atoms with Gasteiger partial charge in [-0.1, -0.05) is 36.2 Å². The van der Waals surface area contributed by atoms with E-state index in [-0.39, 0.29) is 6.04 Å². The number of hydrogen-bond acceptors (Lipinski definition) is 1. The molecule has 78 valence electrons. The SMILES string of the molecule is CCC(C)C(N)c1cc(I)ccc1Br. The molecule has 0 radical (unpaired) electrons. The van der Waals surface area contributed by atoms with E-state index in [4.69, 9.17) is 5.73 Å². The average Bonchev–Trinajstić information content (AvgIpc) is 2.19. The van der Waals surface area contributed by atoms with E-state index in [1.54, 1.807) is 0 Å². The predicted molar refractivity (Wildman–Crippen MR) is 73.2 cm³/mol. The van der Waals surface area contributed by atoms with Crippen molar-refractivity contribution in [3.63, 3.8) is 0 Å². The zero-order valence-corrected chi connectivity index (χ0v) is 12.2. The van der Waals surface area contributed by atoms with E-state index in [0.717, 1.165) is 10.9 Å². The van der Waals surface area contributed by atoms with E-state index < -0.39 is 0 Å². The summed E-state index contributed by atoms with van der Waals surface area (Å²) in [6.45, 7) is 4.36. The lowest BCUT2D eigenvalue weighted by molar-refractivity contribution is 0.455. The van der Waals surface area contributed by atoms with Gasteiger partial charge < -0.3 is 5.73 Å². The Morgan fingerprint density at radius 1 is 1.50 bits per heavy atom. The molecule has 3 heteroatoms. The van der Waals surface area contributed by atoms with Crippen LogP contribution in [0.4, 0.5) is 0 Å². The fraction of sp³-hybridized carbons (Fsp3) is 0.455. The van der Waals surface area contributed by atoms with Crippen molar-refractivity contribution in [2.45, 2.75) is 26.3 Å². The number of benzene rings is 1. The zero-order chi connectivity index (χ0) is 10.7. The van der Waals surface area contributed by atoms with Gasteiger partial charge in [-0.15, -0.1) is 0 Å². The monoisotopic (exact) mass is 367 g/mol. The lowest BCUT2D eigenvalue weighted by atomic mass is 9.93. The van der Waals surface area contributed by atoms with Gasteiger partial charge in [0.15, 0.2) is 0 Å². The van der Waals surface area contributed by atoms with E-state index in [1.165, 1.54) is 9.13 Å². The van der Waals surface area contributed by atoms with Gasteiger partial charge >= 0.3 is 0 Å². The van der Waals surface area contributed by atoms with Crippen LogP contribution in [0, 0.1) is 9.49 Å². The molecular weight excluding hydrogens is 353 g/mol. The highest BCUT2D eigenvalue weighted by Gasteiger charge is 2.15. The van der Waals surface area contributed by atoms with Crippen molar-refractivity contribution in [2.75, 3.05) is 0 Å². The van der Waals surface area contributed by atoms with E-state index in [1.807, 2.05) is 0 Å². The Labute approximate surface area is 108 Å². The first-order valence-corrected chi connectivity index (χ1v) is 6.64. The Balaban J connectivity index is 2.99. The standard InChI is InChI=1S/C11H15BrIN/c1-3-7(2)11(14)9-6-8(13)4-5-10(9)12/h4-7,11H,3,14H2,1-2H3. The van der Waals surface area contributed by atoms with Crippen molar-refractivity contribution < 1.29 is 0 Å². The maximum atomic E-state index is 6.19. The third kappa shape index (κ3) is 2.94. The van der Waals surface area contributed by atoms with E-state index in [2.05, 4.69) is 70.6 Å². The summed E-state index contributed by atoms with van der Waals surface area (Å²) in [5, 5.41) is 0. The summed E-state index contributed by atoms with van der Waals surface area (Å²) in [7, 11) is 0. The molecule has 14 heavy (non-hydrogen) atoms. The second-order valence-electron chi connectivity index (χ2n) is 3.58. The average molecular weight is 368 g/mol. The van der Waals surface area contributed by atoms with Gasteiger partial charge in [0.05, 0.1) is 0 Å². The summed E-state index contributed by atoms with van der Waals surface area (Å²) in [5.41, 5.74) is 7.40. The number of hydrogen-bond donors (Lipinski definition) is 1. The summed E-state index contributed by atoms with van der Waals surface area (Å²) in [5.74, 6) is 0.518. The van der Waals surface area contributed by atoms with Crippen LogP contribution in [0.2, 0.25) is 0 Å². The summed E-state index contributed by atoms with van der Waals surface area (Å²) in [6, 6.07) is 6.43. The lowest BCUT2D eigenvalue weighted by Gasteiger charge is -2.20. The van der Waals surface area contributed by atoms with Gasteiger partial charge in [-0.2, -0.15) is 0 Å². The van der Waals surface area contributed by atoms with Crippen molar-refractivity contribution >= 4 is 38.5 Å². The van der Waals surface area contributed by atoms with Crippen molar-refractivity contribution in [3.8, 4) is 0 Å². The molecule has 1 rings (SSSR count). The van der Waals surface area contributed by atoms with Crippen molar-refractivity contribution in [1.29, 1.82) is 0 Å². The number of nitrogens with two attached hydrogens (primary N) is 1. The first kappa shape index (κ1) is 12.5. The van der Waals surface area contributed by atoms with E-state index >= 15 is 0 Å². The van der Waals surface area contributed by atoms with Gasteiger partial charge in [0.1, 0.15) is 0 Å². The molecule has 0 aliphatic rings. The molecule has 2 atom stereocenters. The minimum Gasteiger partial charge on any atom is -0.324 e. The second kappa shape index (κ2) is 5.47. The molecular formula is C11H15BrIN. The molecule has 1 aromatic rings. The van der Waals surface area contributed by atoms with Crippen LogP contribution in [-0.2, 0) is 0 Å². The maximum absolute atomic E-state index is 6.19. The Bertz CT molecular complexity index is 314. The van der Waals surface area contributed by atoms with Crippen LogP contribution < -0.4 is 5.73 Å². The Morgan fingerprint density at radius 2 is 2.14 bits per heavy atom. The molecule has 2 unspecified atom stereocenters. The quantitative estimate of drug-likeness (QED) is 0.799. The minimum atomic E-state index is 0.129. The van der Waals surface area contributed by atoms with Gasteiger partial charge in [-0.3, -0.25) is 0 Å². The number of halogens is 2. The van der Waals surface area contributed by atoms with Gasteiger partial charge in [-0.25, -0.2) is 0 Å². The highest BCUT2D eigenvalue weighted by molar-refractivity contribution is 14.1. The fourth-order valence-electron chi connectivity index (χ4n) is 1.33. The molecule has 0 saturated carbocycles. The molecule has 1 nitrogen and oxygen atoms in total. The third-order valence-electron chi connectivity index (χ3n) is 2.57. The first-order chi connectivity index (χ1) is 6.56. The lowest BCUT2D eigenvalue weighted by Crippen LogP contribution is -2.19. The molecule has 0 amide bonds. The number of rotatable bonds is 3. The van der Waals surface area contributed by atoms with Crippen molar-refractivity contribution in [1.82, 2.24) is 0 Å². The minimum absolute atomic E-state index is 0.129. The highest BCUT2D eigenvalue weighted by atomic mass is 127. The van der Waals surface area contributed by atoms with Crippen LogP contribution in [0.3, 0.4) is 0 Å². The molecule has 0 bridgehead atoms. The van der Waals surface area contributed by atoms with E-state index in [9.17, 15) is 0 Å². The third-order valence-corrected chi connectivity index (χ3v) is 3.97. The predicted octanol–water partition coefficient (Wildman–Crippen LogP) is 4.10. The molecule has 1 aromatic carbocycles. The Hall–Kier alpha value is 0.390. The van der Waals surface area contributed by atoms with Crippen LogP contribution in [0.15, 0.2) is 22.7 Å². The fourth-order valence-corrected chi connectivity index (χ4v) is 2.36. The molecule has 2 N–H and O–H groups in total. The van der Waals surface area contributed by atoms with Gasteiger partial charge in [-0.05, 0) is 52.3 Å². The smallest absolute Gasteiger partial charge is 0.0332 e. The van der Waals surface area contributed by atoms with Crippen LogP contribution in [0.1, 0.15) is 31.9 Å². The van der Waals surface area contributed by atoms with Crippen LogP contribution in [0.5, 0.6) is 0 Å². The van der Waals surface area contributed by atoms with Crippen LogP contribution in [-0.4, -0.2) is 0 Å². The van der Waals surface area contributed by atoms with Crippen LogP contribution in [0.25, 0.3) is 0 Å². The molecule has 0 heterocycles. The van der Waals surface area contributed by atoms with E-state index in [0.29, 0.717) is 5.92 Å². The van der Waals surface area contributed by atoms with Gasteiger partial charge in [0, 0.05) is 14.1 Å². The summed E-state index contributed by atoms with van der Waals surface area (Å²) >= 11 is 5.86. The normalized spacial score (nSPS) is 15.2. The molecule has 0 aliphatic carbocycles. The summed E-state index contributed by atoms with van der Waals surface area (Å²) < 4.78 is 2.35. The maximum Gasteiger partial charge on any atom is 0.0332 e. The van der Waals surface area contributed by atoms with Gasteiger partial charge in [0.25, 0.3) is 0 Å². The molecule has 0 fully saturated rings. The van der Waals surface area contributed by atoms with Gasteiger partial charge in [0.2, 0.25) is 0 Å². The zero-order valence-electron chi connectivity index (χ0n) is 8.43. The molecule has 0 aromatic heterocycles. The molecule has 0 aliphatic heterocycles.